The fourth-order valence-corrected chi connectivity index (χ4v) is 2.57. The largest absolute Gasteiger partial charge is 0.344 e. The molecule has 1 aliphatic heterocycles. The first-order valence-electron chi connectivity index (χ1n) is 6.86. The molecule has 0 aliphatic carbocycles. The SMILES string of the molecule is CCn1cccc1C(=O)N(C)CC1CCCCN1. The summed E-state index contributed by atoms with van der Waals surface area (Å²) in [5, 5.41) is 3.48. The van der Waals surface area contributed by atoms with Crippen molar-refractivity contribution in [1.82, 2.24) is 14.8 Å². The normalized spacial score (nSPS) is 19.8. The Morgan fingerprint density at radius 3 is 3.06 bits per heavy atom. The number of nitrogens with zero attached hydrogens (tertiary/aromatic N) is 2. The van der Waals surface area contributed by atoms with Gasteiger partial charge in [0.1, 0.15) is 5.69 Å². The van der Waals surface area contributed by atoms with E-state index in [0.29, 0.717) is 6.04 Å². The van der Waals surface area contributed by atoms with Gasteiger partial charge in [0.2, 0.25) is 0 Å². The molecule has 18 heavy (non-hydrogen) atoms. The molecular weight excluding hydrogens is 226 g/mol. The summed E-state index contributed by atoms with van der Waals surface area (Å²) >= 11 is 0. The van der Waals surface area contributed by atoms with Gasteiger partial charge in [-0.2, -0.15) is 0 Å². The molecule has 1 aromatic heterocycles. The molecule has 4 heteroatoms. The molecule has 1 amide bonds. The second-order valence-corrected chi connectivity index (χ2v) is 5.01. The number of aromatic nitrogens is 1. The molecule has 1 fully saturated rings. The van der Waals surface area contributed by atoms with Crippen molar-refractivity contribution >= 4 is 5.91 Å². The van der Waals surface area contributed by atoms with Crippen molar-refractivity contribution in [2.24, 2.45) is 0 Å². The van der Waals surface area contributed by atoms with Crippen molar-refractivity contribution in [2.75, 3.05) is 20.1 Å². The predicted molar refractivity (Wildman–Crippen MR) is 72.7 cm³/mol. The highest BCUT2D eigenvalue weighted by molar-refractivity contribution is 5.92. The van der Waals surface area contributed by atoms with Crippen LogP contribution in [0.1, 0.15) is 36.7 Å². The summed E-state index contributed by atoms with van der Waals surface area (Å²) in [4.78, 5) is 14.2. The van der Waals surface area contributed by atoms with Gasteiger partial charge in [0.25, 0.3) is 5.91 Å². The minimum atomic E-state index is 0.120. The van der Waals surface area contributed by atoms with Crippen LogP contribution in [0.3, 0.4) is 0 Å². The summed E-state index contributed by atoms with van der Waals surface area (Å²) in [7, 11) is 1.89. The molecule has 1 unspecified atom stereocenters. The summed E-state index contributed by atoms with van der Waals surface area (Å²) in [5.74, 6) is 0.120. The molecule has 0 radical (unpaired) electrons. The molecule has 1 aliphatic rings. The Morgan fingerprint density at radius 2 is 2.39 bits per heavy atom. The van der Waals surface area contributed by atoms with Crippen LogP contribution >= 0.6 is 0 Å². The van der Waals surface area contributed by atoms with Crippen LogP contribution < -0.4 is 5.32 Å². The van der Waals surface area contributed by atoms with Gasteiger partial charge in [-0.15, -0.1) is 0 Å². The number of likely N-dealkylation sites (N-methyl/N-ethyl adjacent to an activating group) is 1. The second-order valence-electron chi connectivity index (χ2n) is 5.01. The third-order valence-electron chi connectivity index (χ3n) is 3.64. The number of carbonyl (C=O) groups is 1. The van der Waals surface area contributed by atoms with Crippen LogP contribution in [0, 0.1) is 0 Å². The van der Waals surface area contributed by atoms with E-state index >= 15 is 0 Å². The molecule has 1 saturated heterocycles. The fourth-order valence-electron chi connectivity index (χ4n) is 2.57. The van der Waals surface area contributed by atoms with Crippen molar-refractivity contribution in [2.45, 2.75) is 38.8 Å². The maximum Gasteiger partial charge on any atom is 0.270 e. The van der Waals surface area contributed by atoms with Crippen LogP contribution in [0.5, 0.6) is 0 Å². The molecule has 4 nitrogen and oxygen atoms in total. The van der Waals surface area contributed by atoms with Crippen molar-refractivity contribution in [3.8, 4) is 0 Å². The number of hydrogen-bond acceptors (Lipinski definition) is 2. The average molecular weight is 249 g/mol. The molecule has 0 aromatic carbocycles. The summed E-state index contributed by atoms with van der Waals surface area (Å²) in [5.41, 5.74) is 0.788. The van der Waals surface area contributed by atoms with Crippen LogP contribution in [0.4, 0.5) is 0 Å². The van der Waals surface area contributed by atoms with Gasteiger partial charge in [0.15, 0.2) is 0 Å². The zero-order valence-electron chi connectivity index (χ0n) is 11.4. The highest BCUT2D eigenvalue weighted by atomic mass is 16.2. The van der Waals surface area contributed by atoms with E-state index in [1.165, 1.54) is 19.3 Å². The number of rotatable bonds is 4. The molecular formula is C14H23N3O. The molecule has 2 heterocycles. The van der Waals surface area contributed by atoms with Gasteiger partial charge in [0, 0.05) is 32.4 Å². The van der Waals surface area contributed by atoms with E-state index in [4.69, 9.17) is 0 Å². The predicted octanol–water partition coefficient (Wildman–Crippen LogP) is 1.72. The Kier molecular flexibility index (Phi) is 4.42. The Hall–Kier alpha value is -1.29. The van der Waals surface area contributed by atoms with E-state index in [9.17, 15) is 4.79 Å². The highest BCUT2D eigenvalue weighted by Gasteiger charge is 2.20. The van der Waals surface area contributed by atoms with E-state index < -0.39 is 0 Å². The number of piperidine rings is 1. The summed E-state index contributed by atoms with van der Waals surface area (Å²) in [6, 6.07) is 4.29. The lowest BCUT2D eigenvalue weighted by Crippen LogP contribution is -2.44. The van der Waals surface area contributed by atoms with E-state index in [0.717, 1.165) is 25.3 Å². The van der Waals surface area contributed by atoms with Crippen molar-refractivity contribution in [3.63, 3.8) is 0 Å². The zero-order chi connectivity index (χ0) is 13.0. The van der Waals surface area contributed by atoms with Gasteiger partial charge in [-0.3, -0.25) is 4.79 Å². The minimum absolute atomic E-state index is 0.120. The van der Waals surface area contributed by atoms with Gasteiger partial charge in [-0.1, -0.05) is 6.42 Å². The lowest BCUT2D eigenvalue weighted by Gasteiger charge is -2.28. The van der Waals surface area contributed by atoms with Gasteiger partial charge in [-0.25, -0.2) is 0 Å². The summed E-state index contributed by atoms with van der Waals surface area (Å²) < 4.78 is 1.99. The van der Waals surface area contributed by atoms with E-state index in [-0.39, 0.29) is 5.91 Å². The Balaban J connectivity index is 1.95. The van der Waals surface area contributed by atoms with E-state index in [1.807, 2.05) is 34.8 Å². The van der Waals surface area contributed by atoms with Gasteiger partial charge < -0.3 is 14.8 Å². The number of carbonyl (C=O) groups excluding carboxylic acids is 1. The first-order valence-corrected chi connectivity index (χ1v) is 6.86. The third kappa shape index (κ3) is 2.93. The van der Waals surface area contributed by atoms with Gasteiger partial charge in [0.05, 0.1) is 0 Å². The molecule has 0 saturated carbocycles. The van der Waals surface area contributed by atoms with Crippen LogP contribution in [0.15, 0.2) is 18.3 Å². The lowest BCUT2D eigenvalue weighted by molar-refractivity contribution is 0.0765. The van der Waals surface area contributed by atoms with E-state index in [2.05, 4.69) is 12.2 Å². The number of hydrogen-bond donors (Lipinski definition) is 1. The minimum Gasteiger partial charge on any atom is -0.344 e. The topological polar surface area (TPSA) is 37.3 Å². The molecule has 100 valence electrons. The number of amides is 1. The Labute approximate surface area is 109 Å². The van der Waals surface area contributed by atoms with Crippen LogP contribution in [0.25, 0.3) is 0 Å². The fraction of sp³-hybridized carbons (Fsp3) is 0.643. The van der Waals surface area contributed by atoms with Crippen molar-refractivity contribution < 1.29 is 4.79 Å². The van der Waals surface area contributed by atoms with Crippen LogP contribution in [-0.2, 0) is 6.54 Å². The van der Waals surface area contributed by atoms with Crippen LogP contribution in [0.2, 0.25) is 0 Å². The summed E-state index contributed by atoms with van der Waals surface area (Å²) in [6.45, 7) is 4.77. The molecule has 1 atom stereocenters. The maximum atomic E-state index is 12.3. The highest BCUT2D eigenvalue weighted by Crippen LogP contribution is 2.10. The van der Waals surface area contributed by atoms with E-state index in [1.54, 1.807) is 0 Å². The zero-order valence-corrected chi connectivity index (χ0v) is 11.4. The quantitative estimate of drug-likeness (QED) is 0.882. The first kappa shape index (κ1) is 13.1. The number of aryl methyl sites for hydroxylation is 1. The molecule has 0 bridgehead atoms. The number of nitrogens with one attached hydrogen (secondary N) is 1. The standard InChI is InChI=1S/C14H23N3O/c1-3-17-10-6-8-13(17)14(18)16(2)11-12-7-4-5-9-15-12/h6,8,10,12,15H,3-5,7,9,11H2,1-2H3. The Bertz CT molecular complexity index is 393. The second kappa shape index (κ2) is 6.05. The molecule has 1 N–H and O–H groups in total. The Morgan fingerprint density at radius 1 is 1.56 bits per heavy atom. The van der Waals surface area contributed by atoms with Crippen LogP contribution in [-0.4, -0.2) is 41.6 Å². The van der Waals surface area contributed by atoms with Crippen molar-refractivity contribution in [3.05, 3.63) is 24.0 Å². The summed E-state index contributed by atoms with van der Waals surface area (Å²) in [6.07, 6.45) is 5.66. The lowest BCUT2D eigenvalue weighted by atomic mass is 10.0. The maximum absolute atomic E-state index is 12.3. The monoisotopic (exact) mass is 249 g/mol. The van der Waals surface area contributed by atoms with Gasteiger partial charge in [-0.05, 0) is 38.4 Å². The molecule has 1 aromatic rings. The van der Waals surface area contributed by atoms with Gasteiger partial charge >= 0.3 is 0 Å². The molecule has 2 rings (SSSR count). The first-order chi connectivity index (χ1) is 8.72. The average Bonchev–Trinajstić information content (AvgIpc) is 2.87. The molecule has 0 spiro atoms. The van der Waals surface area contributed by atoms with Crippen molar-refractivity contribution in [1.29, 1.82) is 0 Å². The smallest absolute Gasteiger partial charge is 0.270 e. The third-order valence-corrected chi connectivity index (χ3v) is 3.64.